The maximum atomic E-state index is 12.9. The summed E-state index contributed by atoms with van der Waals surface area (Å²) in [5.41, 5.74) is 5.58. The van der Waals surface area contributed by atoms with E-state index < -0.39 is 11.8 Å². The van der Waals surface area contributed by atoms with Gasteiger partial charge in [-0.1, -0.05) is 62.2 Å². The lowest BCUT2D eigenvalue weighted by molar-refractivity contribution is -0.117. The normalized spacial score (nSPS) is 11.3. The fourth-order valence-electron chi connectivity index (χ4n) is 2.79. The molecule has 0 saturated heterocycles. The van der Waals surface area contributed by atoms with Gasteiger partial charge >= 0.3 is 0 Å². The second-order valence-electron chi connectivity index (χ2n) is 7.26. The monoisotopic (exact) mass is 568 g/mol. The van der Waals surface area contributed by atoms with E-state index >= 15 is 0 Å². The number of nitrogens with one attached hydrogen (secondary N) is 2. The Labute approximate surface area is 209 Å². The first-order valence-corrected chi connectivity index (χ1v) is 11.6. The van der Waals surface area contributed by atoms with Crippen LogP contribution in [0.4, 0.5) is 5.69 Å². The Morgan fingerprint density at radius 2 is 1.55 bits per heavy atom. The molecule has 0 fully saturated rings. The molecule has 8 heteroatoms. The van der Waals surface area contributed by atoms with E-state index in [4.69, 9.17) is 0 Å². The second kappa shape index (κ2) is 11.6. The number of hydrazone groups is 1. The van der Waals surface area contributed by atoms with E-state index in [1.807, 2.05) is 73.6 Å². The van der Waals surface area contributed by atoms with Crippen LogP contribution in [0.25, 0.3) is 6.08 Å². The Morgan fingerprint density at radius 1 is 0.879 bits per heavy atom. The number of hydrogen-bond donors (Lipinski definition) is 2. The van der Waals surface area contributed by atoms with Crippen molar-refractivity contribution < 1.29 is 9.59 Å². The molecule has 0 spiro atoms. The Bertz CT molecular complexity index is 1190. The van der Waals surface area contributed by atoms with Crippen LogP contribution in [0.2, 0.25) is 0 Å². The van der Waals surface area contributed by atoms with Crippen molar-refractivity contribution >= 4 is 61.7 Å². The highest BCUT2D eigenvalue weighted by molar-refractivity contribution is 9.10. The third-order valence-corrected chi connectivity index (χ3v) is 5.57. The summed E-state index contributed by atoms with van der Waals surface area (Å²) in [4.78, 5) is 27.6. The molecule has 0 heterocycles. The summed E-state index contributed by atoms with van der Waals surface area (Å²) < 4.78 is 1.72. The molecule has 33 heavy (non-hydrogen) atoms. The number of benzene rings is 3. The van der Waals surface area contributed by atoms with Crippen molar-refractivity contribution in [2.75, 3.05) is 19.0 Å². The van der Waals surface area contributed by atoms with Crippen LogP contribution < -0.4 is 15.6 Å². The molecule has 0 aliphatic carbocycles. The molecule has 0 unspecified atom stereocenters. The smallest absolute Gasteiger partial charge is 0.287 e. The van der Waals surface area contributed by atoms with Gasteiger partial charge in [-0.05, 0) is 59.7 Å². The van der Waals surface area contributed by atoms with E-state index in [1.165, 1.54) is 6.21 Å². The molecule has 2 N–H and O–H groups in total. The van der Waals surface area contributed by atoms with Crippen molar-refractivity contribution in [2.24, 2.45) is 5.10 Å². The van der Waals surface area contributed by atoms with Crippen molar-refractivity contribution in [3.8, 4) is 0 Å². The molecule has 2 amide bonds. The summed E-state index contributed by atoms with van der Waals surface area (Å²) in [5.74, 6) is -0.942. The van der Waals surface area contributed by atoms with Gasteiger partial charge in [0, 0.05) is 34.3 Å². The van der Waals surface area contributed by atoms with Gasteiger partial charge in [0.2, 0.25) is 0 Å². The van der Waals surface area contributed by atoms with E-state index in [9.17, 15) is 9.59 Å². The lowest BCUT2D eigenvalue weighted by atomic mass is 10.1. The van der Waals surface area contributed by atoms with Gasteiger partial charge in [0.1, 0.15) is 5.70 Å². The van der Waals surface area contributed by atoms with Crippen LogP contribution in [0.1, 0.15) is 21.5 Å². The summed E-state index contributed by atoms with van der Waals surface area (Å²) in [6.45, 7) is 0. The predicted octanol–water partition coefficient (Wildman–Crippen LogP) is 5.20. The molecule has 3 aromatic rings. The van der Waals surface area contributed by atoms with Crippen LogP contribution in [0.3, 0.4) is 0 Å². The molecule has 0 radical (unpaired) electrons. The Morgan fingerprint density at radius 3 is 2.18 bits per heavy atom. The van der Waals surface area contributed by atoms with Gasteiger partial charge < -0.3 is 10.2 Å². The Hall–Kier alpha value is -3.23. The molecule has 0 atom stereocenters. The number of hydrogen-bond acceptors (Lipinski definition) is 4. The predicted molar refractivity (Wildman–Crippen MR) is 140 cm³/mol. The van der Waals surface area contributed by atoms with Crippen molar-refractivity contribution in [2.45, 2.75) is 0 Å². The first kappa shape index (κ1) is 24.4. The second-order valence-corrected chi connectivity index (χ2v) is 9.09. The molecule has 0 aliphatic heterocycles. The van der Waals surface area contributed by atoms with Crippen molar-refractivity contribution in [1.29, 1.82) is 0 Å². The van der Waals surface area contributed by atoms with Gasteiger partial charge in [0.05, 0.1) is 6.21 Å². The molecule has 168 valence electrons. The van der Waals surface area contributed by atoms with E-state index in [-0.39, 0.29) is 5.70 Å². The quantitative estimate of drug-likeness (QED) is 0.233. The fraction of sp³-hybridized carbons (Fsp3) is 0.0800. The summed E-state index contributed by atoms with van der Waals surface area (Å²) in [6.07, 6.45) is 3.14. The zero-order chi connectivity index (χ0) is 23.8. The van der Waals surface area contributed by atoms with Gasteiger partial charge in [0.15, 0.2) is 0 Å². The Balaban J connectivity index is 1.82. The first-order valence-electron chi connectivity index (χ1n) is 9.97. The van der Waals surface area contributed by atoms with Gasteiger partial charge in [0.25, 0.3) is 11.8 Å². The first-order chi connectivity index (χ1) is 15.8. The van der Waals surface area contributed by atoms with E-state index in [0.717, 1.165) is 25.8 Å². The molecule has 0 aliphatic rings. The average Bonchev–Trinajstić information content (AvgIpc) is 2.80. The van der Waals surface area contributed by atoms with Crippen molar-refractivity contribution in [1.82, 2.24) is 10.7 Å². The zero-order valence-corrected chi connectivity index (χ0v) is 21.2. The highest BCUT2D eigenvalue weighted by Gasteiger charge is 2.15. The van der Waals surface area contributed by atoms with Crippen LogP contribution in [-0.2, 0) is 4.79 Å². The van der Waals surface area contributed by atoms with E-state index in [2.05, 4.69) is 47.7 Å². The zero-order valence-electron chi connectivity index (χ0n) is 18.0. The lowest BCUT2D eigenvalue weighted by Crippen LogP contribution is -2.32. The molecule has 0 bridgehead atoms. The molecular formula is C25H22Br2N4O2. The van der Waals surface area contributed by atoms with Gasteiger partial charge in [-0.3, -0.25) is 9.59 Å². The minimum absolute atomic E-state index is 0.0746. The van der Waals surface area contributed by atoms with Crippen molar-refractivity contribution in [3.63, 3.8) is 0 Å². The third-order valence-electron chi connectivity index (χ3n) is 4.55. The van der Waals surface area contributed by atoms with E-state index in [1.54, 1.807) is 24.3 Å². The SMILES string of the molecule is CN(C)c1ccc(C=C(NC(=O)c2cccc(Br)c2)C(=O)NN=Cc2ccc(Br)cc2)cc1. The fourth-order valence-corrected chi connectivity index (χ4v) is 3.46. The highest BCUT2D eigenvalue weighted by atomic mass is 79.9. The minimum atomic E-state index is -0.539. The molecule has 6 nitrogen and oxygen atoms in total. The number of anilines is 1. The lowest BCUT2D eigenvalue weighted by Gasteiger charge is -2.13. The summed E-state index contributed by atoms with van der Waals surface area (Å²) in [7, 11) is 3.90. The number of halogens is 2. The summed E-state index contributed by atoms with van der Waals surface area (Å²) in [5, 5.41) is 6.72. The number of rotatable bonds is 7. The standard InChI is InChI=1S/C25H22Br2N4O2/c1-31(2)22-12-8-17(9-13-22)14-23(29-24(32)19-4-3-5-21(27)15-19)25(33)30-28-16-18-6-10-20(26)11-7-18/h3-16H,1-2H3,(H,29,32)(H,30,33). The highest BCUT2D eigenvalue weighted by Crippen LogP contribution is 2.16. The maximum absolute atomic E-state index is 12.9. The van der Waals surface area contributed by atoms with Crippen LogP contribution >= 0.6 is 31.9 Å². The summed E-state index contributed by atoms with van der Waals surface area (Å²) in [6, 6.07) is 22.0. The van der Waals surface area contributed by atoms with Gasteiger partial charge in [-0.2, -0.15) is 5.10 Å². The molecule has 0 saturated carbocycles. The number of carbonyl (C=O) groups excluding carboxylic acids is 2. The number of amides is 2. The van der Waals surface area contributed by atoms with Crippen LogP contribution in [0, 0.1) is 0 Å². The largest absolute Gasteiger partial charge is 0.378 e. The van der Waals surface area contributed by atoms with Gasteiger partial charge in [-0.15, -0.1) is 0 Å². The van der Waals surface area contributed by atoms with Crippen LogP contribution in [0.15, 0.2) is 92.5 Å². The Kier molecular flexibility index (Phi) is 8.57. The van der Waals surface area contributed by atoms with Crippen LogP contribution in [0.5, 0.6) is 0 Å². The number of carbonyl (C=O) groups is 2. The van der Waals surface area contributed by atoms with E-state index in [0.29, 0.717) is 5.56 Å². The van der Waals surface area contributed by atoms with Gasteiger partial charge in [-0.25, -0.2) is 5.43 Å². The molecule has 3 rings (SSSR count). The molecule has 3 aromatic carbocycles. The molecule has 0 aromatic heterocycles. The average molecular weight is 570 g/mol. The number of nitrogens with zero attached hydrogens (tertiary/aromatic N) is 2. The maximum Gasteiger partial charge on any atom is 0.287 e. The third kappa shape index (κ3) is 7.40. The van der Waals surface area contributed by atoms with Crippen LogP contribution in [-0.4, -0.2) is 32.1 Å². The van der Waals surface area contributed by atoms with Crippen molar-refractivity contribution in [3.05, 3.63) is 104 Å². The molecular weight excluding hydrogens is 548 g/mol. The minimum Gasteiger partial charge on any atom is -0.378 e. The summed E-state index contributed by atoms with van der Waals surface area (Å²) >= 11 is 6.74. The topological polar surface area (TPSA) is 73.8 Å².